The van der Waals surface area contributed by atoms with Gasteiger partial charge in [0.2, 0.25) is 15.7 Å². The first kappa shape index (κ1) is 36.1. The van der Waals surface area contributed by atoms with Gasteiger partial charge in [0.1, 0.15) is 11.3 Å². The normalized spacial score (nSPS) is 16.5. The van der Waals surface area contributed by atoms with Gasteiger partial charge in [-0.05, 0) is 64.8 Å². The Balaban J connectivity index is 0.000000546. The first-order valence-electron chi connectivity index (χ1n) is 14.3. The van der Waals surface area contributed by atoms with Crippen LogP contribution in [0.25, 0.3) is 10.2 Å². The van der Waals surface area contributed by atoms with Gasteiger partial charge < -0.3 is 24.8 Å². The molecule has 3 unspecified atom stereocenters. The van der Waals surface area contributed by atoms with Gasteiger partial charge >= 0.3 is 5.00 Å². The molecule has 1 saturated heterocycles. The molecule has 0 spiro atoms. The predicted molar refractivity (Wildman–Crippen MR) is 180 cm³/mol. The molecule has 1 aliphatic rings. The highest BCUT2D eigenvalue weighted by atomic mass is 32.2. The van der Waals surface area contributed by atoms with Crippen LogP contribution in [0.2, 0.25) is 0 Å². The summed E-state index contributed by atoms with van der Waals surface area (Å²) in [5.41, 5.74) is 0.638. The van der Waals surface area contributed by atoms with E-state index in [-0.39, 0.29) is 28.4 Å². The van der Waals surface area contributed by atoms with E-state index in [0.29, 0.717) is 16.0 Å². The first-order valence-corrected chi connectivity index (χ1v) is 17.2. The molecule has 2 aromatic carbocycles. The van der Waals surface area contributed by atoms with Crippen molar-refractivity contribution in [2.75, 3.05) is 38.1 Å². The summed E-state index contributed by atoms with van der Waals surface area (Å²) in [5.74, 6) is 0.530. The summed E-state index contributed by atoms with van der Waals surface area (Å²) in [7, 11) is -1.29. The number of fused-ring (bicyclic) bond motifs is 1. The number of amides is 2. The number of rotatable bonds is 8. The van der Waals surface area contributed by atoms with E-state index in [2.05, 4.69) is 34.4 Å². The Bertz CT molecular complexity index is 1880. The molecule has 0 bridgehead atoms. The van der Waals surface area contributed by atoms with Crippen LogP contribution in [0.4, 0.5) is 20.2 Å². The number of aromatic nitrogens is 2. The Labute approximate surface area is 277 Å². The number of carbonyl (C=O) groups is 2. The molecular formula is C31H35F2N4O7PS2. The minimum absolute atomic E-state index is 0.00105. The number of hydrogen-bond acceptors (Lipinski definition) is 10. The van der Waals surface area contributed by atoms with Gasteiger partial charge in [-0.15, -0.1) is 11.3 Å². The van der Waals surface area contributed by atoms with Crippen molar-refractivity contribution < 1.29 is 41.0 Å². The highest BCUT2D eigenvalue weighted by Crippen LogP contribution is 2.36. The lowest BCUT2D eigenvalue weighted by atomic mass is 9.96. The molecular weight excluding hydrogens is 673 g/mol. The van der Waals surface area contributed by atoms with Crippen molar-refractivity contribution in [1.29, 1.82) is 0 Å². The Morgan fingerprint density at radius 3 is 2.34 bits per heavy atom. The Kier molecular flexibility index (Phi) is 11.5. The van der Waals surface area contributed by atoms with Gasteiger partial charge in [0.05, 0.1) is 51.8 Å². The van der Waals surface area contributed by atoms with Crippen LogP contribution < -0.4 is 20.1 Å². The van der Waals surface area contributed by atoms with Gasteiger partial charge in [-0.1, -0.05) is 19.9 Å². The summed E-state index contributed by atoms with van der Waals surface area (Å²) in [6.07, 6.45) is 2.56. The second kappa shape index (κ2) is 15.0. The number of halogens is 2. The maximum Gasteiger partial charge on any atom is 0.359 e. The zero-order valence-electron chi connectivity index (χ0n) is 26.3. The smallest absolute Gasteiger partial charge is 0.359 e. The van der Waals surface area contributed by atoms with E-state index in [9.17, 15) is 26.8 Å². The first-order chi connectivity index (χ1) is 22.1. The van der Waals surface area contributed by atoms with E-state index < -0.39 is 31.5 Å². The zero-order valence-corrected chi connectivity index (χ0v) is 29.1. The monoisotopic (exact) mass is 708 g/mol. The molecule has 2 aromatic heterocycles. The van der Waals surface area contributed by atoms with E-state index in [1.165, 1.54) is 56.4 Å². The molecule has 4 aromatic rings. The number of carbonyl (C=O) groups excluding carboxylic acids is 2. The van der Waals surface area contributed by atoms with Crippen LogP contribution in [-0.2, 0) is 14.6 Å². The fraction of sp³-hybridized carbons (Fsp3) is 0.355. The van der Waals surface area contributed by atoms with Crippen LogP contribution in [0, 0.1) is 18.8 Å². The van der Waals surface area contributed by atoms with Crippen LogP contribution in [0.5, 0.6) is 11.6 Å². The number of nitrogens with one attached hydrogen (secondary N) is 2. The van der Waals surface area contributed by atoms with E-state index in [1.807, 2.05) is 0 Å². The molecule has 47 heavy (non-hydrogen) atoms. The van der Waals surface area contributed by atoms with Crippen molar-refractivity contribution in [3.8, 4) is 11.6 Å². The lowest BCUT2D eigenvalue weighted by molar-refractivity contribution is 0.0274. The van der Waals surface area contributed by atoms with Crippen molar-refractivity contribution in [3.63, 3.8) is 0 Å². The van der Waals surface area contributed by atoms with E-state index in [1.54, 1.807) is 19.1 Å². The van der Waals surface area contributed by atoms with E-state index >= 15 is 0 Å². The molecule has 3 atom stereocenters. The molecule has 1 aliphatic heterocycles. The highest BCUT2D eigenvalue weighted by Gasteiger charge is 2.41. The number of sulfone groups is 1. The fourth-order valence-corrected chi connectivity index (χ4v) is 7.10. The largest absolute Gasteiger partial charge is 0.496 e. The number of aryl methyl sites for hydroxylation is 1. The third-order valence-corrected chi connectivity index (χ3v) is 10.6. The topological polar surface area (TPSA) is 146 Å². The summed E-state index contributed by atoms with van der Waals surface area (Å²) in [6.45, 7) is 8.25. The molecule has 2 N–H and O–H groups in total. The molecule has 0 aliphatic carbocycles. The lowest BCUT2D eigenvalue weighted by Crippen LogP contribution is -2.22. The second-order valence-corrected chi connectivity index (χ2v) is 15.4. The number of hydrogen-bond donors (Lipinski definition) is 2. The number of alkyl halides is 2. The Morgan fingerprint density at radius 2 is 1.74 bits per heavy atom. The summed E-state index contributed by atoms with van der Waals surface area (Å²) in [5, 5.41) is 5.86. The van der Waals surface area contributed by atoms with Crippen LogP contribution in [0.1, 0.15) is 46.0 Å². The van der Waals surface area contributed by atoms with Gasteiger partial charge in [0, 0.05) is 25.0 Å². The average molecular weight is 709 g/mol. The Morgan fingerprint density at radius 1 is 1.04 bits per heavy atom. The maximum atomic E-state index is 13.6. The summed E-state index contributed by atoms with van der Waals surface area (Å²) in [6, 6.07) is 9.01. The van der Waals surface area contributed by atoms with E-state index in [4.69, 9.17) is 14.2 Å². The van der Waals surface area contributed by atoms with Crippen molar-refractivity contribution in [1.82, 2.24) is 9.97 Å². The SMILES string of the molecule is CC1COCC(C)C1.COc1cc(C(=O)Nc2cccc(S(=O)(=O)C(F)(F)P)c2)c(NC(=O)c2c(OC)ccc3nc(C)sc23)cn1. The molecule has 0 saturated carbocycles. The van der Waals surface area contributed by atoms with Crippen molar-refractivity contribution in [3.05, 3.63) is 64.8 Å². The number of ether oxygens (including phenoxy) is 3. The minimum atomic E-state index is -5.01. The molecule has 5 rings (SSSR count). The van der Waals surface area contributed by atoms with Gasteiger partial charge in [0.25, 0.3) is 11.8 Å². The molecule has 3 heterocycles. The molecule has 11 nitrogen and oxygen atoms in total. The standard InChI is InChI=1S/C24H21F2N4O6PS2.C7H14O/c1-12-28-16-7-8-18(35-2)20(21(16)38-12)23(32)30-17-11-27-19(36-3)10-15(17)22(31)29-13-5-4-6-14(9-13)39(33,34)24(25,26)37;1-6-3-7(2)5-8-4-6/h4-11H,37H2,1-3H3,(H,29,31)(H,30,32);6-7H,3-5H2,1-2H3. The molecule has 0 radical (unpaired) electrons. The third kappa shape index (κ3) is 8.58. The van der Waals surface area contributed by atoms with Gasteiger partial charge in [0.15, 0.2) is 0 Å². The molecule has 1 fully saturated rings. The lowest BCUT2D eigenvalue weighted by Gasteiger charge is -2.23. The number of methoxy groups -OCH3 is 2. The predicted octanol–water partition coefficient (Wildman–Crippen LogP) is 6.40. The summed E-state index contributed by atoms with van der Waals surface area (Å²) < 4.78 is 67.8. The van der Waals surface area contributed by atoms with Gasteiger partial charge in [-0.2, -0.15) is 8.78 Å². The zero-order chi connectivity index (χ0) is 34.5. The summed E-state index contributed by atoms with van der Waals surface area (Å²) >= 11 is 1.30. The van der Waals surface area contributed by atoms with Crippen molar-refractivity contribution in [2.45, 2.75) is 37.1 Å². The van der Waals surface area contributed by atoms with Crippen molar-refractivity contribution in [2.24, 2.45) is 11.8 Å². The maximum absolute atomic E-state index is 13.6. The number of nitrogens with zero attached hydrogens (tertiary/aromatic N) is 2. The number of benzene rings is 2. The fourth-order valence-electron chi connectivity index (χ4n) is 4.88. The highest BCUT2D eigenvalue weighted by molar-refractivity contribution is 7.96. The average Bonchev–Trinajstić information content (AvgIpc) is 3.40. The third-order valence-electron chi connectivity index (χ3n) is 7.02. The molecule has 2 amide bonds. The van der Waals surface area contributed by atoms with Crippen molar-refractivity contribution >= 4 is 63.8 Å². The van der Waals surface area contributed by atoms with Crippen LogP contribution in [0.15, 0.2) is 53.6 Å². The van der Waals surface area contributed by atoms with Gasteiger partial charge in [-0.3, -0.25) is 9.59 Å². The second-order valence-electron chi connectivity index (χ2n) is 11.0. The number of pyridine rings is 1. The quantitative estimate of drug-likeness (QED) is 0.199. The van der Waals surface area contributed by atoms with Crippen LogP contribution in [-0.4, -0.2) is 62.6 Å². The van der Waals surface area contributed by atoms with Crippen LogP contribution in [0.3, 0.4) is 0 Å². The molecule has 252 valence electrons. The Hall–Kier alpha value is -3.78. The number of thiazole rings is 1. The minimum Gasteiger partial charge on any atom is -0.496 e. The van der Waals surface area contributed by atoms with Gasteiger partial charge in [-0.25, -0.2) is 18.4 Å². The van der Waals surface area contributed by atoms with E-state index in [0.717, 1.165) is 51.4 Å². The summed E-state index contributed by atoms with van der Waals surface area (Å²) in [4.78, 5) is 30.3. The van der Waals surface area contributed by atoms with Crippen LogP contribution >= 0.6 is 20.6 Å². The number of anilines is 2. The molecule has 16 heteroatoms.